The van der Waals surface area contributed by atoms with Crippen molar-refractivity contribution >= 4 is 39.3 Å². The molecule has 0 aliphatic heterocycles. The lowest BCUT2D eigenvalue weighted by atomic mass is 10.2. The first-order chi connectivity index (χ1) is 11.7. The molecule has 0 heterocycles. The van der Waals surface area contributed by atoms with Crippen molar-refractivity contribution in [2.75, 3.05) is 10.8 Å². The van der Waals surface area contributed by atoms with Crippen molar-refractivity contribution in [1.29, 1.82) is 0 Å². The molecule has 0 fully saturated rings. The minimum atomic E-state index is -4.09. The van der Waals surface area contributed by atoms with Crippen LogP contribution in [0.25, 0.3) is 0 Å². The highest BCUT2D eigenvalue weighted by Crippen LogP contribution is 2.26. The first-order valence-electron chi connectivity index (χ1n) is 7.05. The van der Waals surface area contributed by atoms with Gasteiger partial charge >= 0.3 is 11.9 Å². The van der Waals surface area contributed by atoms with Crippen LogP contribution in [0.1, 0.15) is 16.8 Å². The van der Waals surface area contributed by atoms with Crippen LogP contribution in [0.15, 0.2) is 53.4 Å². The Morgan fingerprint density at radius 3 is 2.24 bits per heavy atom. The zero-order chi connectivity index (χ0) is 18.6. The van der Waals surface area contributed by atoms with Gasteiger partial charge in [0.25, 0.3) is 10.0 Å². The highest BCUT2D eigenvalue weighted by molar-refractivity contribution is 7.92. The number of carboxylic acids is 2. The van der Waals surface area contributed by atoms with E-state index in [0.717, 1.165) is 4.31 Å². The molecular weight excluding hydrogens is 370 g/mol. The van der Waals surface area contributed by atoms with Crippen molar-refractivity contribution in [3.63, 3.8) is 0 Å². The monoisotopic (exact) mass is 383 g/mol. The molecule has 0 atom stereocenters. The summed E-state index contributed by atoms with van der Waals surface area (Å²) in [6.45, 7) is -0.344. The number of aromatic carboxylic acids is 1. The van der Waals surface area contributed by atoms with Gasteiger partial charge in [-0.2, -0.15) is 0 Å². The minimum Gasteiger partial charge on any atom is -0.481 e. The molecule has 2 rings (SSSR count). The number of carbonyl (C=O) groups is 2. The number of hydrogen-bond acceptors (Lipinski definition) is 4. The lowest BCUT2D eigenvalue weighted by Gasteiger charge is -2.24. The van der Waals surface area contributed by atoms with E-state index in [2.05, 4.69) is 0 Å². The molecule has 0 saturated heterocycles. The molecule has 0 aliphatic rings. The largest absolute Gasteiger partial charge is 0.481 e. The molecule has 0 saturated carbocycles. The summed E-state index contributed by atoms with van der Waals surface area (Å²) in [7, 11) is -4.09. The minimum absolute atomic E-state index is 0.0658. The van der Waals surface area contributed by atoms with E-state index in [1.807, 2.05) is 0 Å². The summed E-state index contributed by atoms with van der Waals surface area (Å²) >= 11 is 5.77. The van der Waals surface area contributed by atoms with Gasteiger partial charge in [0.15, 0.2) is 0 Å². The zero-order valence-electron chi connectivity index (χ0n) is 12.8. The van der Waals surface area contributed by atoms with Gasteiger partial charge in [0.05, 0.1) is 22.6 Å². The number of sulfonamides is 1. The normalized spacial score (nSPS) is 11.1. The number of aliphatic carboxylic acids is 1. The zero-order valence-corrected chi connectivity index (χ0v) is 14.4. The summed E-state index contributed by atoms with van der Waals surface area (Å²) in [4.78, 5) is 21.9. The van der Waals surface area contributed by atoms with Crippen molar-refractivity contribution < 1.29 is 28.2 Å². The van der Waals surface area contributed by atoms with E-state index in [9.17, 15) is 18.0 Å². The molecule has 0 unspecified atom stereocenters. The van der Waals surface area contributed by atoms with Gasteiger partial charge in [-0.25, -0.2) is 13.2 Å². The molecular formula is C16H14ClNO6S. The van der Waals surface area contributed by atoms with Crippen LogP contribution in [0.2, 0.25) is 5.02 Å². The van der Waals surface area contributed by atoms with E-state index in [1.54, 1.807) is 0 Å². The standard InChI is InChI=1S/C16H14ClNO6S/c17-12-4-6-14(7-5-12)25(23,24)18(9-8-15(19)20)13-3-1-2-11(10-13)16(21)22/h1-7,10H,8-9H2,(H,19,20)(H,21,22). The number of halogens is 1. The van der Waals surface area contributed by atoms with Gasteiger partial charge in [0, 0.05) is 11.6 Å². The van der Waals surface area contributed by atoms with E-state index in [4.69, 9.17) is 21.8 Å². The van der Waals surface area contributed by atoms with Gasteiger partial charge < -0.3 is 10.2 Å². The number of carboxylic acid groups (broad SMARTS) is 2. The molecule has 0 spiro atoms. The molecule has 0 amide bonds. The van der Waals surface area contributed by atoms with Crippen LogP contribution >= 0.6 is 11.6 Å². The molecule has 7 nitrogen and oxygen atoms in total. The van der Waals surface area contributed by atoms with Crippen LogP contribution in [0.5, 0.6) is 0 Å². The maximum atomic E-state index is 12.9. The molecule has 2 aromatic carbocycles. The third kappa shape index (κ3) is 4.49. The Morgan fingerprint density at radius 2 is 1.68 bits per heavy atom. The summed E-state index contributed by atoms with van der Waals surface area (Å²) < 4.78 is 26.6. The molecule has 9 heteroatoms. The second-order valence-electron chi connectivity index (χ2n) is 5.03. The average Bonchev–Trinajstić information content (AvgIpc) is 2.55. The molecule has 0 aromatic heterocycles. The van der Waals surface area contributed by atoms with Gasteiger partial charge in [-0.3, -0.25) is 9.10 Å². The SMILES string of the molecule is O=C(O)CCN(c1cccc(C(=O)O)c1)S(=O)(=O)c1ccc(Cl)cc1. The third-order valence-electron chi connectivity index (χ3n) is 3.31. The fourth-order valence-corrected chi connectivity index (χ4v) is 3.70. The third-order valence-corrected chi connectivity index (χ3v) is 5.41. The Bertz CT molecular complexity index is 895. The van der Waals surface area contributed by atoms with Crippen LogP contribution in [-0.4, -0.2) is 37.1 Å². The molecule has 2 aromatic rings. The van der Waals surface area contributed by atoms with E-state index in [-0.39, 0.29) is 22.7 Å². The molecule has 0 bridgehead atoms. The first-order valence-corrected chi connectivity index (χ1v) is 8.87. The quantitative estimate of drug-likeness (QED) is 0.760. The predicted octanol–water partition coefficient (Wildman–Crippen LogP) is 2.71. The topological polar surface area (TPSA) is 112 Å². The Labute approximate surface area is 149 Å². The second-order valence-corrected chi connectivity index (χ2v) is 7.33. The highest BCUT2D eigenvalue weighted by Gasteiger charge is 2.26. The second kappa shape index (κ2) is 7.54. The van der Waals surface area contributed by atoms with Gasteiger partial charge in [-0.15, -0.1) is 0 Å². The maximum absolute atomic E-state index is 12.9. The smallest absolute Gasteiger partial charge is 0.335 e. The number of rotatable bonds is 7. The number of anilines is 1. The Hall–Kier alpha value is -2.58. The van der Waals surface area contributed by atoms with E-state index >= 15 is 0 Å². The van der Waals surface area contributed by atoms with Gasteiger partial charge in [0.1, 0.15) is 0 Å². The fourth-order valence-electron chi connectivity index (χ4n) is 2.11. The lowest BCUT2D eigenvalue weighted by molar-refractivity contribution is -0.136. The van der Waals surface area contributed by atoms with Gasteiger partial charge in [0.2, 0.25) is 0 Å². The molecule has 0 radical (unpaired) electrons. The van der Waals surface area contributed by atoms with Crippen molar-refractivity contribution in [3.05, 3.63) is 59.1 Å². The summed E-state index contributed by atoms with van der Waals surface area (Å²) in [6.07, 6.45) is -0.440. The van der Waals surface area contributed by atoms with Gasteiger partial charge in [-0.05, 0) is 42.5 Å². The van der Waals surface area contributed by atoms with Gasteiger partial charge in [-0.1, -0.05) is 17.7 Å². The van der Waals surface area contributed by atoms with Crippen molar-refractivity contribution in [2.45, 2.75) is 11.3 Å². The number of nitrogens with zero attached hydrogens (tertiary/aromatic N) is 1. The highest BCUT2D eigenvalue weighted by atomic mass is 35.5. The van der Waals surface area contributed by atoms with Crippen LogP contribution in [0.3, 0.4) is 0 Å². The summed E-state index contributed by atoms with van der Waals surface area (Å²) in [6, 6.07) is 10.7. The van der Waals surface area contributed by atoms with E-state index in [0.29, 0.717) is 5.02 Å². The van der Waals surface area contributed by atoms with Crippen LogP contribution in [0, 0.1) is 0 Å². The Morgan fingerprint density at radius 1 is 1.04 bits per heavy atom. The van der Waals surface area contributed by atoms with Crippen LogP contribution in [-0.2, 0) is 14.8 Å². The number of benzene rings is 2. The van der Waals surface area contributed by atoms with Crippen molar-refractivity contribution in [2.24, 2.45) is 0 Å². The lowest BCUT2D eigenvalue weighted by Crippen LogP contribution is -2.33. The fraction of sp³-hybridized carbons (Fsp3) is 0.125. The molecule has 25 heavy (non-hydrogen) atoms. The van der Waals surface area contributed by atoms with E-state index < -0.39 is 28.4 Å². The summed E-state index contributed by atoms with van der Waals surface area (Å²) in [5.41, 5.74) is -0.0415. The van der Waals surface area contributed by atoms with Crippen LogP contribution < -0.4 is 4.31 Å². The number of hydrogen-bond donors (Lipinski definition) is 2. The Kier molecular flexibility index (Phi) is 5.66. The maximum Gasteiger partial charge on any atom is 0.335 e. The average molecular weight is 384 g/mol. The van der Waals surface area contributed by atoms with Crippen molar-refractivity contribution in [1.82, 2.24) is 0 Å². The van der Waals surface area contributed by atoms with Crippen molar-refractivity contribution in [3.8, 4) is 0 Å². The van der Waals surface area contributed by atoms with Crippen LogP contribution in [0.4, 0.5) is 5.69 Å². The molecule has 132 valence electrons. The summed E-state index contributed by atoms with van der Waals surface area (Å²) in [5, 5.41) is 18.3. The molecule has 0 aliphatic carbocycles. The predicted molar refractivity (Wildman–Crippen MR) is 91.6 cm³/mol. The first kappa shape index (κ1) is 18.8. The van der Waals surface area contributed by atoms with E-state index in [1.165, 1.54) is 48.5 Å². The summed E-state index contributed by atoms with van der Waals surface area (Å²) in [5.74, 6) is -2.39. The Balaban J connectivity index is 2.51. The molecule has 2 N–H and O–H groups in total.